The number of nitrogens with zero attached hydrogens (tertiary/aromatic N) is 2. The van der Waals surface area contributed by atoms with E-state index in [-0.39, 0.29) is 28.7 Å². The van der Waals surface area contributed by atoms with Gasteiger partial charge in [0.15, 0.2) is 15.0 Å². The lowest BCUT2D eigenvalue weighted by Gasteiger charge is -2.24. The highest BCUT2D eigenvalue weighted by atomic mass is 32.2. The van der Waals surface area contributed by atoms with Crippen LogP contribution in [0.15, 0.2) is 59.6 Å². The van der Waals surface area contributed by atoms with Crippen molar-refractivity contribution in [3.63, 3.8) is 0 Å². The van der Waals surface area contributed by atoms with E-state index in [1.807, 2.05) is 59.5 Å². The second kappa shape index (κ2) is 7.60. The Bertz CT molecular complexity index is 1000. The van der Waals surface area contributed by atoms with E-state index in [4.69, 9.17) is 4.74 Å². The molecule has 2 saturated heterocycles. The summed E-state index contributed by atoms with van der Waals surface area (Å²) in [5, 5.41) is 0.474. The van der Waals surface area contributed by atoms with Crippen molar-refractivity contribution in [3.8, 4) is 11.5 Å². The molecule has 2 atom stereocenters. The van der Waals surface area contributed by atoms with Crippen molar-refractivity contribution in [2.45, 2.75) is 24.6 Å². The minimum Gasteiger partial charge on any atom is -0.457 e. The molecule has 0 saturated carbocycles. The number of para-hydroxylation sites is 1. The number of amidine groups is 1. The Morgan fingerprint density at radius 3 is 2.46 bits per heavy atom. The number of benzene rings is 2. The number of ether oxygens (including phenoxy) is 1. The van der Waals surface area contributed by atoms with Gasteiger partial charge in [0.05, 0.1) is 17.5 Å². The predicted molar refractivity (Wildman–Crippen MR) is 112 cm³/mol. The van der Waals surface area contributed by atoms with Crippen molar-refractivity contribution in [2.75, 3.05) is 16.4 Å². The van der Waals surface area contributed by atoms with Crippen LogP contribution in [0.25, 0.3) is 0 Å². The molecule has 0 unspecified atom stereocenters. The zero-order valence-corrected chi connectivity index (χ0v) is 16.9. The van der Waals surface area contributed by atoms with E-state index in [0.29, 0.717) is 17.3 Å². The first kappa shape index (κ1) is 19.0. The van der Waals surface area contributed by atoms with Gasteiger partial charge in [0.2, 0.25) is 5.91 Å². The Kier molecular flexibility index (Phi) is 5.16. The first-order chi connectivity index (χ1) is 13.4. The third-order valence-corrected chi connectivity index (χ3v) is 7.89. The van der Waals surface area contributed by atoms with Gasteiger partial charge in [-0.25, -0.2) is 8.42 Å². The molecule has 0 aliphatic carbocycles. The maximum atomic E-state index is 12.1. The van der Waals surface area contributed by atoms with Crippen molar-refractivity contribution in [1.29, 1.82) is 0 Å². The third-order valence-electron chi connectivity index (χ3n) is 4.68. The SMILES string of the molecule is CCC(=O)N=C1S[C@@H]2CS(=O)(=O)C[C@@H]2N1c1ccc(Oc2ccccc2)cc1. The quantitative estimate of drug-likeness (QED) is 0.759. The molecular formula is C20H20N2O4S2. The number of carbonyl (C=O) groups excluding carboxylic acids is 1. The highest BCUT2D eigenvalue weighted by Crippen LogP contribution is 2.41. The highest BCUT2D eigenvalue weighted by molar-refractivity contribution is 8.16. The van der Waals surface area contributed by atoms with Gasteiger partial charge in [0.1, 0.15) is 11.5 Å². The molecule has 0 N–H and O–H groups in total. The first-order valence-electron chi connectivity index (χ1n) is 9.06. The molecule has 0 aromatic heterocycles. The Morgan fingerprint density at radius 2 is 1.79 bits per heavy atom. The van der Waals surface area contributed by atoms with Crippen molar-refractivity contribution < 1.29 is 17.9 Å². The van der Waals surface area contributed by atoms with Crippen LogP contribution in [0.3, 0.4) is 0 Å². The summed E-state index contributed by atoms with van der Waals surface area (Å²) in [6.45, 7) is 1.76. The van der Waals surface area contributed by atoms with Gasteiger partial charge in [0, 0.05) is 17.4 Å². The smallest absolute Gasteiger partial charge is 0.247 e. The predicted octanol–water partition coefficient (Wildman–Crippen LogP) is 3.49. The summed E-state index contributed by atoms with van der Waals surface area (Å²) in [7, 11) is -3.08. The number of rotatable bonds is 4. The first-order valence-corrected chi connectivity index (χ1v) is 11.8. The molecule has 2 aliphatic rings. The van der Waals surface area contributed by atoms with Gasteiger partial charge >= 0.3 is 0 Å². The molecule has 2 heterocycles. The number of amides is 1. The van der Waals surface area contributed by atoms with Crippen LogP contribution >= 0.6 is 11.8 Å². The zero-order valence-electron chi connectivity index (χ0n) is 15.3. The van der Waals surface area contributed by atoms with Gasteiger partial charge in [-0.1, -0.05) is 36.9 Å². The molecule has 8 heteroatoms. The Hall–Kier alpha value is -2.32. The maximum absolute atomic E-state index is 12.1. The molecule has 2 aromatic rings. The number of thioether (sulfide) groups is 1. The summed E-state index contributed by atoms with van der Waals surface area (Å²) >= 11 is 1.38. The number of aliphatic imine (C=N–C) groups is 1. The fourth-order valence-electron chi connectivity index (χ4n) is 3.35. The topological polar surface area (TPSA) is 76.0 Å². The number of hydrogen-bond donors (Lipinski definition) is 0. The number of hydrogen-bond acceptors (Lipinski definition) is 5. The van der Waals surface area contributed by atoms with E-state index in [9.17, 15) is 13.2 Å². The molecule has 2 aromatic carbocycles. The van der Waals surface area contributed by atoms with Gasteiger partial charge in [-0.05, 0) is 36.4 Å². The molecule has 6 nitrogen and oxygen atoms in total. The lowest BCUT2D eigenvalue weighted by Crippen LogP contribution is -2.37. The van der Waals surface area contributed by atoms with Gasteiger partial charge in [-0.3, -0.25) is 4.79 Å². The zero-order chi connectivity index (χ0) is 19.7. The summed E-state index contributed by atoms with van der Waals surface area (Å²) in [4.78, 5) is 18.0. The third kappa shape index (κ3) is 3.93. The number of sulfone groups is 1. The molecule has 146 valence electrons. The van der Waals surface area contributed by atoms with Crippen LogP contribution in [0.1, 0.15) is 13.3 Å². The lowest BCUT2D eigenvalue weighted by molar-refractivity contribution is -0.117. The van der Waals surface area contributed by atoms with E-state index in [1.54, 1.807) is 6.92 Å². The van der Waals surface area contributed by atoms with Crippen LogP contribution in [-0.2, 0) is 14.6 Å². The highest BCUT2D eigenvalue weighted by Gasteiger charge is 2.49. The second-order valence-electron chi connectivity index (χ2n) is 6.72. The summed E-state index contributed by atoms with van der Waals surface area (Å²) in [5.74, 6) is 1.41. The van der Waals surface area contributed by atoms with Crippen molar-refractivity contribution in [1.82, 2.24) is 0 Å². The number of fused-ring (bicyclic) bond motifs is 1. The van der Waals surface area contributed by atoms with Crippen LogP contribution in [0.2, 0.25) is 0 Å². The molecule has 28 heavy (non-hydrogen) atoms. The number of carbonyl (C=O) groups is 1. The van der Waals surface area contributed by atoms with Gasteiger partial charge in [-0.15, -0.1) is 0 Å². The van der Waals surface area contributed by atoms with E-state index in [0.717, 1.165) is 11.4 Å². The fraction of sp³-hybridized carbons (Fsp3) is 0.300. The van der Waals surface area contributed by atoms with Crippen LogP contribution in [0.4, 0.5) is 5.69 Å². The molecule has 4 rings (SSSR count). The van der Waals surface area contributed by atoms with Crippen molar-refractivity contribution >= 4 is 38.4 Å². The molecule has 1 amide bonds. The molecule has 2 aliphatic heterocycles. The molecule has 0 spiro atoms. The molecule has 2 fully saturated rings. The Balaban J connectivity index is 1.62. The molecular weight excluding hydrogens is 396 g/mol. The fourth-order valence-corrected chi connectivity index (χ4v) is 7.28. The summed E-state index contributed by atoms with van der Waals surface area (Å²) in [6.07, 6.45) is 0.315. The van der Waals surface area contributed by atoms with Crippen LogP contribution < -0.4 is 9.64 Å². The standard InChI is InChI=1S/C20H20N2O4S2/c1-2-19(23)21-20-22(17-12-28(24,25)13-18(17)27-20)14-8-10-16(11-9-14)26-15-6-4-3-5-7-15/h3-11,17-18H,2,12-13H2,1H3/t17-,18+/m0/s1. The second-order valence-corrected chi connectivity index (χ2v) is 10.1. The minimum absolute atomic E-state index is 0.0757. The molecule has 0 bridgehead atoms. The average Bonchev–Trinajstić information content (AvgIpc) is 3.14. The minimum atomic E-state index is -3.08. The van der Waals surface area contributed by atoms with E-state index in [2.05, 4.69) is 4.99 Å². The average molecular weight is 417 g/mol. The Labute approximate surface area is 168 Å². The summed E-state index contributed by atoms with van der Waals surface area (Å²) in [5.41, 5.74) is 0.806. The van der Waals surface area contributed by atoms with Gasteiger partial charge < -0.3 is 9.64 Å². The van der Waals surface area contributed by atoms with Gasteiger partial charge in [-0.2, -0.15) is 4.99 Å². The largest absolute Gasteiger partial charge is 0.457 e. The normalized spacial score (nSPS) is 24.3. The van der Waals surface area contributed by atoms with Crippen LogP contribution in [0, 0.1) is 0 Å². The monoisotopic (exact) mass is 416 g/mol. The Morgan fingerprint density at radius 1 is 1.11 bits per heavy atom. The van der Waals surface area contributed by atoms with Crippen LogP contribution in [0.5, 0.6) is 11.5 Å². The lowest BCUT2D eigenvalue weighted by atomic mass is 10.2. The van der Waals surface area contributed by atoms with E-state index in [1.165, 1.54) is 11.8 Å². The summed E-state index contributed by atoms with van der Waals surface area (Å²) < 4.78 is 30.0. The van der Waals surface area contributed by atoms with Crippen LogP contribution in [-0.4, -0.2) is 42.3 Å². The number of anilines is 1. The summed E-state index contributed by atoms with van der Waals surface area (Å²) in [6, 6.07) is 16.7. The molecule has 0 radical (unpaired) electrons. The van der Waals surface area contributed by atoms with E-state index >= 15 is 0 Å². The maximum Gasteiger partial charge on any atom is 0.247 e. The van der Waals surface area contributed by atoms with Gasteiger partial charge in [0.25, 0.3) is 0 Å². The van der Waals surface area contributed by atoms with E-state index < -0.39 is 9.84 Å². The van der Waals surface area contributed by atoms with Crippen molar-refractivity contribution in [2.24, 2.45) is 4.99 Å². The van der Waals surface area contributed by atoms with Crippen molar-refractivity contribution in [3.05, 3.63) is 54.6 Å².